The maximum atomic E-state index is 6.54. The van der Waals surface area contributed by atoms with E-state index in [1.165, 1.54) is 0 Å². The van der Waals surface area contributed by atoms with Crippen LogP contribution in [-0.4, -0.2) is 30.1 Å². The van der Waals surface area contributed by atoms with Crippen molar-refractivity contribution in [3.63, 3.8) is 0 Å². The minimum absolute atomic E-state index is 0.396. The number of benzene rings is 3. The average molecular weight is 411 g/mol. The van der Waals surface area contributed by atoms with Gasteiger partial charge in [-0.15, -0.1) is 0 Å². The number of methoxy groups -OCH3 is 2. The van der Waals surface area contributed by atoms with Crippen molar-refractivity contribution < 1.29 is 14.2 Å². The molecule has 31 heavy (non-hydrogen) atoms. The molecule has 0 amide bonds. The Hall–Kier alpha value is -4.06. The predicted octanol–water partition coefficient (Wildman–Crippen LogP) is 5.35. The monoisotopic (exact) mass is 411 g/mol. The van der Waals surface area contributed by atoms with Crippen LogP contribution in [0.3, 0.4) is 0 Å². The maximum Gasteiger partial charge on any atom is 0.217 e. The van der Waals surface area contributed by atoms with Crippen molar-refractivity contribution >= 4 is 11.5 Å². The molecule has 1 unspecified atom stereocenters. The Morgan fingerprint density at radius 2 is 1.42 bits per heavy atom. The fourth-order valence-electron chi connectivity index (χ4n) is 3.64. The molecule has 0 aliphatic carbocycles. The molecule has 4 aromatic rings. The third-order valence-electron chi connectivity index (χ3n) is 5.28. The molecular weight excluding hydrogens is 390 g/mol. The van der Waals surface area contributed by atoms with Crippen LogP contribution in [0, 0.1) is 0 Å². The summed E-state index contributed by atoms with van der Waals surface area (Å²) in [6.45, 7) is 0. The third kappa shape index (κ3) is 3.53. The van der Waals surface area contributed by atoms with E-state index in [4.69, 9.17) is 19.2 Å². The normalized spacial score (nSPS) is 14.9. The Labute approximate surface area is 180 Å². The van der Waals surface area contributed by atoms with E-state index in [2.05, 4.69) is 10.2 Å². The highest BCUT2D eigenvalue weighted by atomic mass is 16.5. The summed E-state index contributed by atoms with van der Waals surface area (Å²) in [6.07, 6.45) is -0.396. The van der Waals surface area contributed by atoms with Gasteiger partial charge in [-0.3, -0.25) is 5.10 Å². The van der Waals surface area contributed by atoms with Gasteiger partial charge in [0.25, 0.3) is 0 Å². The van der Waals surface area contributed by atoms with Gasteiger partial charge >= 0.3 is 0 Å². The smallest absolute Gasteiger partial charge is 0.217 e. The van der Waals surface area contributed by atoms with Gasteiger partial charge in [-0.05, 0) is 42.0 Å². The molecule has 5 rings (SSSR count). The SMILES string of the molecule is COc1ccc(C2=Nc3n[nH]c(-c4ccccc4)c3OC2c2ccc(OC)cc2)cc1. The Morgan fingerprint density at radius 1 is 0.774 bits per heavy atom. The summed E-state index contributed by atoms with van der Waals surface area (Å²) in [5.41, 5.74) is 4.50. The minimum atomic E-state index is -0.396. The first kappa shape index (κ1) is 18.9. The molecule has 154 valence electrons. The number of nitrogens with zero attached hydrogens (tertiary/aromatic N) is 2. The first-order valence-corrected chi connectivity index (χ1v) is 9.94. The van der Waals surface area contributed by atoms with Crippen LogP contribution < -0.4 is 14.2 Å². The number of hydrogen-bond donors (Lipinski definition) is 1. The van der Waals surface area contributed by atoms with Crippen molar-refractivity contribution in [2.24, 2.45) is 4.99 Å². The van der Waals surface area contributed by atoms with Crippen molar-refractivity contribution in [3.8, 4) is 28.5 Å². The highest BCUT2D eigenvalue weighted by molar-refractivity contribution is 6.07. The third-order valence-corrected chi connectivity index (χ3v) is 5.28. The quantitative estimate of drug-likeness (QED) is 0.481. The minimum Gasteiger partial charge on any atom is -0.497 e. The molecule has 0 bridgehead atoms. The lowest BCUT2D eigenvalue weighted by atomic mass is 9.97. The van der Waals surface area contributed by atoms with Crippen LogP contribution in [0.5, 0.6) is 17.2 Å². The molecule has 0 saturated carbocycles. The van der Waals surface area contributed by atoms with Crippen LogP contribution in [0.25, 0.3) is 11.3 Å². The highest BCUT2D eigenvalue weighted by Gasteiger charge is 2.31. The summed E-state index contributed by atoms with van der Waals surface area (Å²) in [5, 5.41) is 7.51. The molecule has 0 saturated heterocycles. The molecule has 1 aromatic heterocycles. The molecule has 2 heterocycles. The van der Waals surface area contributed by atoms with Crippen LogP contribution in [-0.2, 0) is 0 Å². The van der Waals surface area contributed by atoms with E-state index >= 15 is 0 Å². The first-order valence-electron chi connectivity index (χ1n) is 9.94. The van der Waals surface area contributed by atoms with Gasteiger partial charge < -0.3 is 14.2 Å². The number of aromatic amines is 1. The zero-order chi connectivity index (χ0) is 21.2. The molecule has 1 N–H and O–H groups in total. The summed E-state index contributed by atoms with van der Waals surface area (Å²) < 4.78 is 17.2. The molecule has 0 spiro atoms. The molecular formula is C25H21N3O3. The van der Waals surface area contributed by atoms with Gasteiger partial charge in [-0.2, -0.15) is 5.10 Å². The summed E-state index contributed by atoms with van der Waals surface area (Å²) in [7, 11) is 3.30. The first-order chi connectivity index (χ1) is 15.3. The fourth-order valence-corrected chi connectivity index (χ4v) is 3.64. The molecule has 0 fully saturated rings. The summed E-state index contributed by atoms with van der Waals surface area (Å²) in [6, 6.07) is 25.6. The number of aliphatic imine (C=N–C) groups is 1. The Bertz CT molecular complexity index is 1210. The molecule has 0 radical (unpaired) electrons. The van der Waals surface area contributed by atoms with Crippen LogP contribution in [0.2, 0.25) is 0 Å². The fraction of sp³-hybridized carbons (Fsp3) is 0.120. The second-order valence-corrected chi connectivity index (χ2v) is 7.11. The van der Waals surface area contributed by atoms with E-state index < -0.39 is 6.10 Å². The van der Waals surface area contributed by atoms with Crippen molar-refractivity contribution in [1.82, 2.24) is 10.2 Å². The van der Waals surface area contributed by atoms with E-state index in [1.54, 1.807) is 14.2 Å². The largest absolute Gasteiger partial charge is 0.497 e. The predicted molar refractivity (Wildman–Crippen MR) is 120 cm³/mol. The zero-order valence-corrected chi connectivity index (χ0v) is 17.2. The van der Waals surface area contributed by atoms with Crippen molar-refractivity contribution in [1.29, 1.82) is 0 Å². The van der Waals surface area contributed by atoms with Crippen LogP contribution in [0.4, 0.5) is 5.82 Å². The standard InChI is InChI=1S/C25H21N3O3/c1-29-19-12-8-17(9-13-19)21-23(18-10-14-20(30-2)15-11-18)31-24-22(27-28-25(24)26-21)16-6-4-3-5-7-16/h3-15,23H,1-2H3,(H,27,28). The van der Waals surface area contributed by atoms with E-state index in [0.29, 0.717) is 11.6 Å². The molecule has 1 aliphatic rings. The lowest BCUT2D eigenvalue weighted by Gasteiger charge is -2.25. The van der Waals surface area contributed by atoms with E-state index in [0.717, 1.165) is 39.6 Å². The number of fused-ring (bicyclic) bond motifs is 1. The van der Waals surface area contributed by atoms with Crippen molar-refractivity contribution in [3.05, 3.63) is 90.0 Å². The lowest BCUT2D eigenvalue weighted by molar-refractivity contribution is 0.271. The van der Waals surface area contributed by atoms with Gasteiger partial charge in [0.05, 0.1) is 19.9 Å². The van der Waals surface area contributed by atoms with Gasteiger partial charge in [0.1, 0.15) is 17.2 Å². The number of hydrogen-bond acceptors (Lipinski definition) is 5. The number of aromatic nitrogens is 2. The van der Waals surface area contributed by atoms with E-state index in [-0.39, 0.29) is 0 Å². The van der Waals surface area contributed by atoms with Crippen LogP contribution >= 0.6 is 0 Å². The van der Waals surface area contributed by atoms with E-state index in [1.807, 2.05) is 78.9 Å². The highest BCUT2D eigenvalue weighted by Crippen LogP contribution is 2.43. The number of nitrogens with one attached hydrogen (secondary N) is 1. The molecule has 6 nitrogen and oxygen atoms in total. The topological polar surface area (TPSA) is 68.7 Å². The van der Waals surface area contributed by atoms with E-state index in [9.17, 15) is 0 Å². The average Bonchev–Trinajstić information content (AvgIpc) is 3.27. The molecule has 1 atom stereocenters. The maximum absolute atomic E-state index is 6.54. The summed E-state index contributed by atoms with van der Waals surface area (Å²) in [5.74, 6) is 2.75. The zero-order valence-electron chi connectivity index (χ0n) is 17.2. The summed E-state index contributed by atoms with van der Waals surface area (Å²) in [4.78, 5) is 4.89. The number of ether oxygens (including phenoxy) is 3. The van der Waals surface area contributed by atoms with Crippen molar-refractivity contribution in [2.45, 2.75) is 6.10 Å². The Balaban J connectivity index is 1.62. The van der Waals surface area contributed by atoms with Crippen LogP contribution in [0.1, 0.15) is 17.2 Å². The molecule has 3 aromatic carbocycles. The Kier molecular flexibility index (Phi) is 4.88. The van der Waals surface area contributed by atoms with Gasteiger partial charge in [0.15, 0.2) is 11.9 Å². The van der Waals surface area contributed by atoms with Crippen LogP contribution in [0.15, 0.2) is 83.9 Å². The molecule has 1 aliphatic heterocycles. The lowest BCUT2D eigenvalue weighted by Crippen LogP contribution is -2.22. The second-order valence-electron chi connectivity index (χ2n) is 7.11. The van der Waals surface area contributed by atoms with Gasteiger partial charge in [-0.1, -0.05) is 42.5 Å². The second kappa shape index (κ2) is 7.99. The van der Waals surface area contributed by atoms with Gasteiger partial charge in [-0.25, -0.2) is 4.99 Å². The van der Waals surface area contributed by atoms with Crippen molar-refractivity contribution in [2.75, 3.05) is 14.2 Å². The number of rotatable bonds is 5. The Morgan fingerprint density at radius 3 is 2.06 bits per heavy atom. The summed E-state index contributed by atoms with van der Waals surface area (Å²) >= 11 is 0. The molecule has 6 heteroatoms. The van der Waals surface area contributed by atoms with Gasteiger partial charge in [0.2, 0.25) is 5.82 Å². The van der Waals surface area contributed by atoms with Gasteiger partial charge in [0, 0.05) is 11.1 Å². The number of H-pyrrole nitrogens is 1.